The van der Waals surface area contributed by atoms with Crippen LogP contribution in [0.5, 0.6) is 0 Å². The van der Waals surface area contributed by atoms with Crippen LogP contribution in [0.4, 0.5) is 5.69 Å². The molecular formula is C20H18ClN3O. The van der Waals surface area contributed by atoms with Gasteiger partial charge < -0.3 is 5.32 Å². The molecule has 25 heavy (non-hydrogen) atoms. The van der Waals surface area contributed by atoms with Gasteiger partial charge in [0.1, 0.15) is 5.15 Å². The Hall–Kier alpha value is -2.85. The molecule has 126 valence electrons. The number of hydrogen-bond acceptors (Lipinski definition) is 2. The minimum absolute atomic E-state index is 0.216. The fraction of sp³-hybridized carbons (Fsp3) is 0.100. The SMILES string of the molecule is Cc1nn(C)c(Cl)c1/C=C/C(=O)Nc1ccc(-c2ccccc2)cc1. The maximum atomic E-state index is 12.1. The van der Waals surface area contributed by atoms with Gasteiger partial charge in [-0.25, -0.2) is 0 Å². The predicted molar refractivity (Wildman–Crippen MR) is 102 cm³/mol. The summed E-state index contributed by atoms with van der Waals surface area (Å²) in [5.41, 5.74) is 4.51. The van der Waals surface area contributed by atoms with Gasteiger partial charge in [-0.15, -0.1) is 0 Å². The number of halogens is 1. The van der Waals surface area contributed by atoms with E-state index in [0.717, 1.165) is 28.1 Å². The van der Waals surface area contributed by atoms with Gasteiger partial charge in [0.05, 0.1) is 5.69 Å². The lowest BCUT2D eigenvalue weighted by Gasteiger charge is -2.05. The lowest BCUT2D eigenvalue weighted by molar-refractivity contribution is -0.111. The molecule has 0 radical (unpaired) electrons. The summed E-state index contributed by atoms with van der Waals surface area (Å²) in [6.07, 6.45) is 3.14. The Bertz CT molecular complexity index is 912. The fourth-order valence-electron chi connectivity index (χ4n) is 2.56. The summed E-state index contributed by atoms with van der Waals surface area (Å²) in [6.45, 7) is 1.85. The molecule has 0 spiro atoms. The van der Waals surface area contributed by atoms with Crippen LogP contribution in [-0.4, -0.2) is 15.7 Å². The molecule has 1 amide bonds. The van der Waals surface area contributed by atoms with Crippen molar-refractivity contribution in [2.45, 2.75) is 6.92 Å². The number of anilines is 1. The summed E-state index contributed by atoms with van der Waals surface area (Å²) in [5.74, 6) is -0.216. The molecule has 0 aliphatic rings. The topological polar surface area (TPSA) is 46.9 Å². The molecule has 5 heteroatoms. The number of rotatable bonds is 4. The van der Waals surface area contributed by atoms with Crippen molar-refractivity contribution in [1.82, 2.24) is 9.78 Å². The van der Waals surface area contributed by atoms with Crippen molar-refractivity contribution in [2.75, 3.05) is 5.32 Å². The average molecular weight is 352 g/mol. The Morgan fingerprint density at radius 3 is 2.32 bits per heavy atom. The standard InChI is InChI=1S/C20H18ClN3O/c1-14-18(20(21)24(2)23-14)12-13-19(25)22-17-10-8-16(9-11-17)15-6-4-3-5-7-15/h3-13H,1-2H3,(H,22,25)/b13-12+. The van der Waals surface area contributed by atoms with Gasteiger partial charge in [-0.2, -0.15) is 5.10 Å². The van der Waals surface area contributed by atoms with E-state index in [1.165, 1.54) is 6.08 Å². The van der Waals surface area contributed by atoms with Crippen LogP contribution in [0.2, 0.25) is 5.15 Å². The van der Waals surface area contributed by atoms with Crippen LogP contribution in [0.1, 0.15) is 11.3 Å². The summed E-state index contributed by atoms with van der Waals surface area (Å²) >= 11 is 6.15. The summed E-state index contributed by atoms with van der Waals surface area (Å²) in [5, 5.41) is 7.56. The third-order valence-electron chi connectivity index (χ3n) is 3.86. The van der Waals surface area contributed by atoms with Gasteiger partial charge in [-0.3, -0.25) is 9.48 Å². The lowest BCUT2D eigenvalue weighted by Crippen LogP contribution is -2.07. The minimum atomic E-state index is -0.216. The van der Waals surface area contributed by atoms with E-state index >= 15 is 0 Å². The molecule has 0 saturated carbocycles. The molecular weight excluding hydrogens is 334 g/mol. The highest BCUT2D eigenvalue weighted by Crippen LogP contribution is 2.22. The number of carbonyl (C=O) groups excluding carboxylic acids is 1. The number of carbonyl (C=O) groups is 1. The first-order valence-electron chi connectivity index (χ1n) is 7.88. The van der Waals surface area contributed by atoms with Gasteiger partial charge in [0, 0.05) is 24.4 Å². The fourth-order valence-corrected chi connectivity index (χ4v) is 2.79. The summed E-state index contributed by atoms with van der Waals surface area (Å²) < 4.78 is 1.58. The summed E-state index contributed by atoms with van der Waals surface area (Å²) in [4.78, 5) is 12.1. The molecule has 3 rings (SSSR count). The molecule has 0 bridgehead atoms. The molecule has 0 aliphatic heterocycles. The highest BCUT2D eigenvalue weighted by atomic mass is 35.5. The van der Waals surface area contributed by atoms with Crippen molar-refractivity contribution < 1.29 is 4.79 Å². The normalized spacial score (nSPS) is 11.0. The predicted octanol–water partition coefficient (Wildman–Crippen LogP) is 4.70. The van der Waals surface area contributed by atoms with E-state index in [1.807, 2.05) is 49.4 Å². The molecule has 0 atom stereocenters. The molecule has 0 unspecified atom stereocenters. The number of aryl methyl sites for hydroxylation is 2. The zero-order valence-electron chi connectivity index (χ0n) is 14.0. The van der Waals surface area contributed by atoms with Gasteiger partial charge in [-0.05, 0) is 36.3 Å². The Morgan fingerprint density at radius 2 is 1.72 bits per heavy atom. The molecule has 0 fully saturated rings. The second-order valence-corrected chi connectivity index (χ2v) is 6.04. The van der Waals surface area contributed by atoms with E-state index in [-0.39, 0.29) is 5.91 Å². The van der Waals surface area contributed by atoms with Crippen LogP contribution < -0.4 is 5.32 Å². The van der Waals surface area contributed by atoms with E-state index in [2.05, 4.69) is 22.5 Å². The van der Waals surface area contributed by atoms with Gasteiger partial charge in [0.25, 0.3) is 0 Å². The highest BCUT2D eigenvalue weighted by Gasteiger charge is 2.08. The van der Waals surface area contributed by atoms with Gasteiger partial charge >= 0.3 is 0 Å². The van der Waals surface area contributed by atoms with Crippen LogP contribution >= 0.6 is 11.6 Å². The van der Waals surface area contributed by atoms with Gasteiger partial charge in [-0.1, -0.05) is 54.1 Å². The smallest absolute Gasteiger partial charge is 0.248 e. The van der Waals surface area contributed by atoms with Gasteiger partial charge in [0.2, 0.25) is 5.91 Å². The van der Waals surface area contributed by atoms with Crippen LogP contribution in [0.3, 0.4) is 0 Å². The molecule has 0 saturated heterocycles. The van der Waals surface area contributed by atoms with Crippen molar-refractivity contribution in [3.8, 4) is 11.1 Å². The molecule has 1 N–H and O–H groups in total. The Labute approximate surface area is 151 Å². The first kappa shape index (κ1) is 17.0. The van der Waals surface area contributed by atoms with Crippen molar-refractivity contribution >= 4 is 29.3 Å². The second-order valence-electron chi connectivity index (χ2n) is 5.68. The molecule has 4 nitrogen and oxygen atoms in total. The van der Waals surface area contributed by atoms with Crippen LogP contribution in [0.25, 0.3) is 17.2 Å². The third kappa shape index (κ3) is 3.98. The maximum absolute atomic E-state index is 12.1. The number of amides is 1. The highest BCUT2D eigenvalue weighted by molar-refractivity contribution is 6.31. The number of nitrogens with one attached hydrogen (secondary N) is 1. The number of hydrogen-bond donors (Lipinski definition) is 1. The van der Waals surface area contributed by atoms with E-state index < -0.39 is 0 Å². The van der Waals surface area contributed by atoms with Gasteiger partial charge in [0.15, 0.2) is 0 Å². The number of aromatic nitrogens is 2. The Balaban J connectivity index is 1.68. The first-order valence-corrected chi connectivity index (χ1v) is 8.26. The number of benzene rings is 2. The largest absolute Gasteiger partial charge is 0.323 e. The van der Waals surface area contributed by atoms with Crippen LogP contribution in [0, 0.1) is 6.92 Å². The zero-order chi connectivity index (χ0) is 17.8. The van der Waals surface area contributed by atoms with Crippen LogP contribution in [0.15, 0.2) is 60.7 Å². The molecule has 3 aromatic rings. The Morgan fingerprint density at radius 1 is 1.08 bits per heavy atom. The maximum Gasteiger partial charge on any atom is 0.248 e. The van der Waals surface area contributed by atoms with E-state index in [1.54, 1.807) is 17.8 Å². The number of nitrogens with zero attached hydrogens (tertiary/aromatic N) is 2. The monoisotopic (exact) mass is 351 g/mol. The summed E-state index contributed by atoms with van der Waals surface area (Å²) in [6, 6.07) is 17.8. The van der Waals surface area contributed by atoms with E-state index in [9.17, 15) is 4.79 Å². The average Bonchev–Trinajstić information content (AvgIpc) is 2.86. The molecule has 1 aromatic heterocycles. The van der Waals surface area contributed by atoms with Crippen molar-refractivity contribution in [1.29, 1.82) is 0 Å². The van der Waals surface area contributed by atoms with E-state index in [0.29, 0.717) is 5.15 Å². The minimum Gasteiger partial charge on any atom is -0.323 e. The quantitative estimate of drug-likeness (QED) is 0.692. The van der Waals surface area contributed by atoms with E-state index in [4.69, 9.17) is 11.6 Å². The van der Waals surface area contributed by atoms with Crippen molar-refractivity contribution in [3.05, 3.63) is 77.1 Å². The van der Waals surface area contributed by atoms with Crippen molar-refractivity contribution in [2.24, 2.45) is 7.05 Å². The van der Waals surface area contributed by atoms with Crippen molar-refractivity contribution in [3.63, 3.8) is 0 Å². The lowest BCUT2D eigenvalue weighted by atomic mass is 10.1. The molecule has 1 heterocycles. The third-order valence-corrected chi connectivity index (χ3v) is 4.31. The van der Waals surface area contributed by atoms with Crippen LogP contribution in [-0.2, 0) is 11.8 Å². The Kier molecular flexibility index (Phi) is 5.00. The zero-order valence-corrected chi connectivity index (χ0v) is 14.8. The molecule has 0 aliphatic carbocycles. The molecule has 2 aromatic carbocycles. The first-order chi connectivity index (χ1) is 12.0. The summed E-state index contributed by atoms with van der Waals surface area (Å²) in [7, 11) is 1.76. The second kappa shape index (κ2) is 7.36.